The summed E-state index contributed by atoms with van der Waals surface area (Å²) in [4.78, 5) is 41.1. The van der Waals surface area contributed by atoms with Crippen LogP contribution >= 0.6 is 0 Å². The number of hydrogen-bond acceptors (Lipinski definition) is 5. The molecule has 2 amide bonds. The van der Waals surface area contributed by atoms with E-state index in [1.807, 2.05) is 21.9 Å². The van der Waals surface area contributed by atoms with E-state index in [1.54, 1.807) is 24.7 Å². The lowest BCUT2D eigenvalue weighted by Gasteiger charge is -2.46. The lowest BCUT2D eigenvalue weighted by molar-refractivity contribution is 0.0276. The maximum absolute atomic E-state index is 12.6. The van der Waals surface area contributed by atoms with Gasteiger partial charge in [0.25, 0.3) is 11.8 Å². The highest BCUT2D eigenvalue weighted by Crippen LogP contribution is 2.41. The Balaban J connectivity index is 1.32. The molecule has 2 aromatic heterocycles. The molecule has 0 radical (unpaired) electrons. The van der Waals surface area contributed by atoms with Crippen LogP contribution in [0, 0.1) is 5.41 Å². The maximum atomic E-state index is 12.6. The van der Waals surface area contributed by atoms with Crippen molar-refractivity contribution in [2.75, 3.05) is 26.2 Å². The minimum absolute atomic E-state index is 0.0146. The van der Waals surface area contributed by atoms with E-state index < -0.39 is 0 Å². The summed E-state index contributed by atoms with van der Waals surface area (Å²) in [5.41, 5.74) is 1.15. The van der Waals surface area contributed by atoms with Crippen molar-refractivity contribution in [2.24, 2.45) is 5.41 Å². The van der Waals surface area contributed by atoms with Gasteiger partial charge < -0.3 is 9.80 Å². The van der Waals surface area contributed by atoms with Crippen molar-refractivity contribution in [1.82, 2.24) is 24.8 Å². The predicted molar refractivity (Wildman–Crippen MR) is 99.0 cm³/mol. The topological polar surface area (TPSA) is 79.3 Å². The van der Waals surface area contributed by atoms with Crippen molar-refractivity contribution >= 4 is 11.8 Å². The third-order valence-corrected chi connectivity index (χ3v) is 5.89. The molecule has 140 valence electrons. The number of amides is 2. The number of pyridine rings is 1. The Labute approximate surface area is 158 Å². The van der Waals surface area contributed by atoms with Gasteiger partial charge in [-0.3, -0.25) is 19.6 Å². The van der Waals surface area contributed by atoms with Gasteiger partial charge >= 0.3 is 0 Å². The Morgan fingerprint density at radius 2 is 1.37 bits per heavy atom. The molecule has 0 unspecified atom stereocenters. The molecule has 7 nitrogen and oxygen atoms in total. The zero-order valence-electron chi connectivity index (χ0n) is 15.3. The molecule has 0 saturated carbocycles. The van der Waals surface area contributed by atoms with Gasteiger partial charge in [-0.25, -0.2) is 4.98 Å². The van der Waals surface area contributed by atoms with Gasteiger partial charge in [-0.15, -0.1) is 0 Å². The van der Waals surface area contributed by atoms with E-state index >= 15 is 0 Å². The number of likely N-dealkylation sites (tertiary alicyclic amines) is 2. The van der Waals surface area contributed by atoms with Crippen LogP contribution in [0.2, 0.25) is 0 Å². The molecule has 1 spiro atoms. The monoisotopic (exact) mass is 365 g/mol. The number of rotatable bonds is 2. The molecule has 4 rings (SSSR count). The molecule has 0 N–H and O–H groups in total. The Hall–Kier alpha value is -2.83. The van der Waals surface area contributed by atoms with E-state index in [9.17, 15) is 9.59 Å². The molecule has 7 heteroatoms. The highest BCUT2D eigenvalue weighted by atomic mass is 16.2. The smallest absolute Gasteiger partial charge is 0.274 e. The van der Waals surface area contributed by atoms with Crippen molar-refractivity contribution in [2.45, 2.75) is 25.7 Å². The molecular weight excluding hydrogens is 342 g/mol. The number of carbonyl (C=O) groups excluding carboxylic acids is 2. The fourth-order valence-corrected chi connectivity index (χ4v) is 4.09. The molecule has 2 aromatic rings. The third-order valence-electron chi connectivity index (χ3n) is 5.89. The number of piperidine rings is 2. The first-order chi connectivity index (χ1) is 13.2. The van der Waals surface area contributed by atoms with Crippen molar-refractivity contribution < 1.29 is 9.59 Å². The molecule has 4 heterocycles. The lowest BCUT2D eigenvalue weighted by Crippen LogP contribution is -2.49. The van der Waals surface area contributed by atoms with Crippen LogP contribution in [0.25, 0.3) is 0 Å². The van der Waals surface area contributed by atoms with Gasteiger partial charge in [0.15, 0.2) is 0 Å². The van der Waals surface area contributed by atoms with E-state index in [0.29, 0.717) is 11.4 Å². The van der Waals surface area contributed by atoms with Gasteiger partial charge in [0.2, 0.25) is 0 Å². The fraction of sp³-hybridized carbons (Fsp3) is 0.450. The van der Waals surface area contributed by atoms with Crippen LogP contribution in [0.15, 0.2) is 43.0 Å². The molecular formula is C20H23N5O2. The summed E-state index contributed by atoms with van der Waals surface area (Å²) in [5.74, 6) is -0.0265. The summed E-state index contributed by atoms with van der Waals surface area (Å²) >= 11 is 0. The van der Waals surface area contributed by atoms with E-state index in [1.165, 1.54) is 6.20 Å². The molecule has 0 bridgehead atoms. The minimum Gasteiger partial charge on any atom is -0.337 e. The Morgan fingerprint density at radius 3 is 1.89 bits per heavy atom. The first kappa shape index (κ1) is 17.6. The summed E-state index contributed by atoms with van der Waals surface area (Å²) < 4.78 is 0. The van der Waals surface area contributed by atoms with Crippen LogP contribution in [0.4, 0.5) is 0 Å². The highest BCUT2D eigenvalue weighted by molar-refractivity contribution is 5.92. The van der Waals surface area contributed by atoms with Crippen LogP contribution in [-0.4, -0.2) is 62.7 Å². The molecule has 2 fully saturated rings. The second-order valence-corrected chi connectivity index (χ2v) is 7.39. The molecule has 0 atom stereocenters. The number of hydrogen-bond donors (Lipinski definition) is 0. The van der Waals surface area contributed by atoms with Gasteiger partial charge in [0.1, 0.15) is 11.4 Å². The van der Waals surface area contributed by atoms with Crippen molar-refractivity contribution in [1.29, 1.82) is 0 Å². The Kier molecular flexibility index (Phi) is 4.83. The third kappa shape index (κ3) is 3.67. The lowest BCUT2D eigenvalue weighted by atomic mass is 9.71. The standard InChI is InChI=1S/C20H23N5O2/c26-18(16-3-1-2-8-22-16)24-11-4-20(5-12-24)6-13-25(14-7-20)19(27)17-15-21-9-10-23-17/h1-3,8-10,15H,4-7,11-14H2. The largest absolute Gasteiger partial charge is 0.337 e. The minimum atomic E-state index is -0.0410. The molecule has 0 aromatic carbocycles. The summed E-state index contributed by atoms with van der Waals surface area (Å²) in [5, 5.41) is 0. The van der Waals surface area contributed by atoms with Gasteiger partial charge in [0, 0.05) is 44.8 Å². The molecule has 2 aliphatic heterocycles. The van der Waals surface area contributed by atoms with Crippen LogP contribution < -0.4 is 0 Å². The van der Waals surface area contributed by atoms with E-state index in [2.05, 4.69) is 15.0 Å². The Bertz CT molecular complexity index is 723. The first-order valence-corrected chi connectivity index (χ1v) is 9.43. The average Bonchev–Trinajstić information content (AvgIpc) is 2.75. The SMILES string of the molecule is O=C(c1ccccn1)N1CCC2(CC1)CCN(C(=O)c1cnccn1)CC2. The van der Waals surface area contributed by atoms with Crippen molar-refractivity contribution in [3.05, 3.63) is 54.4 Å². The number of carbonyl (C=O) groups is 2. The van der Waals surface area contributed by atoms with Crippen LogP contribution in [0.1, 0.15) is 46.7 Å². The van der Waals surface area contributed by atoms with Crippen molar-refractivity contribution in [3.8, 4) is 0 Å². The molecule has 0 aliphatic carbocycles. The quantitative estimate of drug-likeness (QED) is 0.814. The predicted octanol–water partition coefficient (Wildman–Crippen LogP) is 2.03. The second-order valence-electron chi connectivity index (χ2n) is 7.39. The fourth-order valence-electron chi connectivity index (χ4n) is 4.09. The van der Waals surface area contributed by atoms with Crippen LogP contribution in [0.5, 0.6) is 0 Å². The first-order valence-electron chi connectivity index (χ1n) is 9.43. The maximum Gasteiger partial charge on any atom is 0.274 e. The van der Waals surface area contributed by atoms with E-state index in [-0.39, 0.29) is 17.2 Å². The second kappa shape index (κ2) is 7.42. The molecule has 2 aliphatic rings. The summed E-state index contributed by atoms with van der Waals surface area (Å²) in [6, 6.07) is 5.43. The van der Waals surface area contributed by atoms with Gasteiger partial charge in [-0.2, -0.15) is 0 Å². The van der Waals surface area contributed by atoms with Crippen LogP contribution in [0.3, 0.4) is 0 Å². The summed E-state index contributed by atoms with van der Waals surface area (Å²) in [6.45, 7) is 2.99. The zero-order valence-corrected chi connectivity index (χ0v) is 15.3. The number of aromatic nitrogens is 3. The van der Waals surface area contributed by atoms with Gasteiger partial charge in [-0.1, -0.05) is 6.07 Å². The van der Waals surface area contributed by atoms with Gasteiger partial charge in [0.05, 0.1) is 6.20 Å². The summed E-state index contributed by atoms with van der Waals surface area (Å²) in [7, 11) is 0. The Morgan fingerprint density at radius 1 is 0.778 bits per heavy atom. The van der Waals surface area contributed by atoms with E-state index in [4.69, 9.17) is 0 Å². The van der Waals surface area contributed by atoms with E-state index in [0.717, 1.165) is 51.9 Å². The number of nitrogens with zero attached hydrogens (tertiary/aromatic N) is 5. The average molecular weight is 365 g/mol. The normalized spacial score (nSPS) is 19.1. The highest BCUT2D eigenvalue weighted by Gasteiger charge is 2.39. The molecule has 2 saturated heterocycles. The van der Waals surface area contributed by atoms with Crippen molar-refractivity contribution in [3.63, 3.8) is 0 Å². The van der Waals surface area contributed by atoms with Gasteiger partial charge in [-0.05, 0) is 43.2 Å². The summed E-state index contributed by atoms with van der Waals surface area (Å²) in [6.07, 6.45) is 10.2. The molecule has 27 heavy (non-hydrogen) atoms. The zero-order chi connectivity index (χ0) is 18.7. The van der Waals surface area contributed by atoms with Crippen LogP contribution in [-0.2, 0) is 0 Å².